The molecule has 4 nitrogen and oxygen atoms in total. The van der Waals surface area contributed by atoms with E-state index in [0.717, 1.165) is 22.4 Å². The molecular weight excluding hydrogens is 424 g/mol. The number of halogens is 1. The molecule has 29 heavy (non-hydrogen) atoms. The Labute approximate surface area is 185 Å². The van der Waals surface area contributed by atoms with Crippen molar-refractivity contribution in [1.29, 1.82) is 0 Å². The number of rotatable bonds is 6. The first-order chi connectivity index (χ1) is 13.8. The number of amides is 2. The summed E-state index contributed by atoms with van der Waals surface area (Å²) >= 11 is 12.8. The first kappa shape index (κ1) is 21.6. The van der Waals surface area contributed by atoms with Crippen LogP contribution in [0.2, 0.25) is 5.02 Å². The molecule has 1 aliphatic rings. The Morgan fingerprint density at radius 2 is 2.00 bits per heavy atom. The summed E-state index contributed by atoms with van der Waals surface area (Å²) in [5, 5.41) is 3.51. The van der Waals surface area contributed by atoms with E-state index in [9.17, 15) is 9.59 Å². The van der Waals surface area contributed by atoms with E-state index in [1.807, 2.05) is 50.2 Å². The van der Waals surface area contributed by atoms with E-state index in [-0.39, 0.29) is 11.8 Å². The van der Waals surface area contributed by atoms with Crippen molar-refractivity contribution in [2.45, 2.75) is 26.7 Å². The normalized spacial score (nSPS) is 15.3. The van der Waals surface area contributed by atoms with E-state index in [1.54, 1.807) is 17.0 Å². The Balaban J connectivity index is 1.55. The zero-order chi connectivity index (χ0) is 21.0. The maximum absolute atomic E-state index is 12.7. The molecule has 7 heteroatoms. The Bertz CT molecular complexity index is 1000. The van der Waals surface area contributed by atoms with Crippen LogP contribution in [0.5, 0.6) is 0 Å². The van der Waals surface area contributed by atoms with Crippen molar-refractivity contribution in [2.24, 2.45) is 0 Å². The first-order valence-electron chi connectivity index (χ1n) is 9.22. The molecule has 0 spiro atoms. The number of thiocarbonyl (C=S) groups is 1. The van der Waals surface area contributed by atoms with Gasteiger partial charge >= 0.3 is 0 Å². The third-order valence-corrected chi connectivity index (χ3v) is 6.23. The number of carbonyl (C=O) groups is 2. The highest BCUT2D eigenvalue weighted by atomic mass is 35.5. The second-order valence-electron chi connectivity index (χ2n) is 6.82. The maximum atomic E-state index is 12.7. The number of hydrogen-bond acceptors (Lipinski definition) is 4. The van der Waals surface area contributed by atoms with Crippen LogP contribution in [0.15, 0.2) is 47.4 Å². The van der Waals surface area contributed by atoms with Crippen LogP contribution in [0.3, 0.4) is 0 Å². The Kier molecular flexibility index (Phi) is 7.11. The number of nitrogens with one attached hydrogen (secondary N) is 1. The van der Waals surface area contributed by atoms with Gasteiger partial charge in [0.2, 0.25) is 5.91 Å². The molecule has 0 bridgehead atoms. The second kappa shape index (κ2) is 9.57. The number of carbonyl (C=O) groups excluding carboxylic acids is 2. The number of nitrogens with zero attached hydrogens (tertiary/aromatic N) is 1. The number of hydrogen-bond donors (Lipinski definition) is 1. The van der Waals surface area contributed by atoms with Crippen LogP contribution in [-0.2, 0) is 9.59 Å². The quantitative estimate of drug-likeness (QED) is 0.467. The summed E-state index contributed by atoms with van der Waals surface area (Å²) in [6, 6.07) is 13.2. The molecule has 1 heterocycles. The van der Waals surface area contributed by atoms with Gasteiger partial charge < -0.3 is 5.32 Å². The first-order valence-corrected chi connectivity index (χ1v) is 10.8. The predicted molar refractivity (Wildman–Crippen MR) is 125 cm³/mol. The van der Waals surface area contributed by atoms with Crippen molar-refractivity contribution in [3.05, 3.63) is 69.1 Å². The van der Waals surface area contributed by atoms with E-state index in [4.69, 9.17) is 23.8 Å². The van der Waals surface area contributed by atoms with Crippen LogP contribution in [0.25, 0.3) is 6.08 Å². The van der Waals surface area contributed by atoms with Crippen LogP contribution < -0.4 is 5.32 Å². The molecule has 2 amide bonds. The van der Waals surface area contributed by atoms with Gasteiger partial charge in [-0.05, 0) is 49.6 Å². The summed E-state index contributed by atoms with van der Waals surface area (Å²) in [5.41, 5.74) is 3.77. The summed E-state index contributed by atoms with van der Waals surface area (Å²) < 4.78 is 0.503. The summed E-state index contributed by atoms with van der Waals surface area (Å²) in [6.07, 6.45) is 2.60. The highest BCUT2D eigenvalue weighted by molar-refractivity contribution is 8.26. The summed E-state index contributed by atoms with van der Waals surface area (Å²) in [5.74, 6) is -0.219. The molecule has 0 radical (unpaired) electrons. The number of aryl methyl sites for hydroxylation is 2. The van der Waals surface area contributed by atoms with Crippen molar-refractivity contribution < 1.29 is 9.59 Å². The molecule has 1 N–H and O–H groups in total. The lowest BCUT2D eigenvalue weighted by Crippen LogP contribution is -2.29. The van der Waals surface area contributed by atoms with Crippen LogP contribution in [0, 0.1) is 13.8 Å². The van der Waals surface area contributed by atoms with Gasteiger partial charge in [-0.3, -0.25) is 14.5 Å². The largest absolute Gasteiger partial charge is 0.326 e. The molecule has 150 valence electrons. The van der Waals surface area contributed by atoms with Gasteiger partial charge in [-0.2, -0.15) is 0 Å². The third-order valence-electron chi connectivity index (χ3n) is 4.51. The van der Waals surface area contributed by atoms with Crippen molar-refractivity contribution in [3.8, 4) is 0 Å². The SMILES string of the molecule is Cc1ccc(NC(=O)CCCN2C(=O)C(=Cc3ccccc3Cl)SC2=S)c(C)c1. The lowest BCUT2D eigenvalue weighted by molar-refractivity contribution is -0.122. The summed E-state index contributed by atoms with van der Waals surface area (Å²) in [7, 11) is 0. The molecule has 0 aliphatic carbocycles. The van der Waals surface area contributed by atoms with E-state index >= 15 is 0 Å². The van der Waals surface area contributed by atoms with Gasteiger partial charge in [-0.1, -0.05) is 71.5 Å². The molecular formula is C22H21ClN2O2S2. The average Bonchev–Trinajstić information content (AvgIpc) is 2.93. The van der Waals surface area contributed by atoms with E-state index in [2.05, 4.69) is 5.32 Å². The minimum absolute atomic E-state index is 0.0750. The predicted octanol–water partition coefficient (Wildman–Crippen LogP) is 5.58. The van der Waals surface area contributed by atoms with E-state index in [1.165, 1.54) is 11.8 Å². The van der Waals surface area contributed by atoms with Gasteiger partial charge in [0, 0.05) is 23.7 Å². The minimum Gasteiger partial charge on any atom is -0.326 e. The zero-order valence-electron chi connectivity index (χ0n) is 16.2. The highest BCUT2D eigenvalue weighted by Gasteiger charge is 2.31. The molecule has 2 aromatic rings. The average molecular weight is 445 g/mol. The van der Waals surface area contributed by atoms with Crippen LogP contribution in [0.4, 0.5) is 5.69 Å². The number of anilines is 1. The third kappa shape index (κ3) is 5.47. The van der Waals surface area contributed by atoms with E-state index < -0.39 is 0 Å². The second-order valence-corrected chi connectivity index (χ2v) is 8.91. The standard InChI is InChI=1S/C22H21ClN2O2S2/c1-14-9-10-18(15(2)12-14)24-20(26)8-5-11-25-21(27)19(29-22(25)28)13-16-6-3-4-7-17(16)23/h3-4,6-7,9-10,12-13H,5,8,11H2,1-2H3,(H,24,26). The number of benzene rings is 2. The zero-order valence-corrected chi connectivity index (χ0v) is 18.6. The molecule has 1 saturated heterocycles. The molecule has 2 aromatic carbocycles. The van der Waals surface area contributed by atoms with Crippen LogP contribution in [0.1, 0.15) is 29.5 Å². The fourth-order valence-electron chi connectivity index (χ4n) is 2.99. The van der Waals surface area contributed by atoms with Crippen LogP contribution in [-0.4, -0.2) is 27.6 Å². The van der Waals surface area contributed by atoms with Gasteiger partial charge in [0.15, 0.2) is 0 Å². The Morgan fingerprint density at radius 1 is 1.24 bits per heavy atom. The highest BCUT2D eigenvalue weighted by Crippen LogP contribution is 2.33. The van der Waals surface area contributed by atoms with Crippen LogP contribution >= 0.6 is 35.6 Å². The van der Waals surface area contributed by atoms with Crippen molar-refractivity contribution in [3.63, 3.8) is 0 Å². The summed E-state index contributed by atoms with van der Waals surface area (Å²) in [6.45, 7) is 4.39. The van der Waals surface area contributed by atoms with Crippen molar-refractivity contribution in [1.82, 2.24) is 4.90 Å². The topological polar surface area (TPSA) is 49.4 Å². The molecule has 1 aliphatic heterocycles. The molecule has 3 rings (SSSR count). The fourth-order valence-corrected chi connectivity index (χ4v) is 4.48. The van der Waals surface area contributed by atoms with Gasteiger partial charge in [0.1, 0.15) is 4.32 Å². The Morgan fingerprint density at radius 3 is 2.72 bits per heavy atom. The molecule has 1 fully saturated rings. The molecule has 0 unspecified atom stereocenters. The number of thioether (sulfide) groups is 1. The van der Waals surface area contributed by atoms with Gasteiger partial charge in [-0.15, -0.1) is 0 Å². The monoisotopic (exact) mass is 444 g/mol. The van der Waals surface area contributed by atoms with Gasteiger partial charge in [0.25, 0.3) is 5.91 Å². The van der Waals surface area contributed by atoms with Gasteiger partial charge in [-0.25, -0.2) is 0 Å². The fraction of sp³-hybridized carbons (Fsp3) is 0.227. The van der Waals surface area contributed by atoms with E-state index in [0.29, 0.717) is 33.6 Å². The minimum atomic E-state index is -0.144. The maximum Gasteiger partial charge on any atom is 0.266 e. The molecule has 0 atom stereocenters. The molecule has 0 saturated carbocycles. The van der Waals surface area contributed by atoms with Gasteiger partial charge in [0.05, 0.1) is 4.91 Å². The summed E-state index contributed by atoms with van der Waals surface area (Å²) in [4.78, 5) is 27.0. The smallest absolute Gasteiger partial charge is 0.266 e. The lowest BCUT2D eigenvalue weighted by atomic mass is 10.1. The lowest BCUT2D eigenvalue weighted by Gasteiger charge is -2.14. The van der Waals surface area contributed by atoms with Crippen molar-refractivity contribution in [2.75, 3.05) is 11.9 Å². The Hall–Kier alpha value is -2.15. The molecule has 0 aromatic heterocycles. The van der Waals surface area contributed by atoms with Crippen molar-refractivity contribution >= 4 is 63.5 Å².